The Kier molecular flexibility index (Phi) is 5.51. The number of nitrogens with one attached hydrogen (secondary N) is 2. The molecule has 2 aromatic carbocycles. The molecular weight excluding hydrogens is 326 g/mol. The van der Waals surface area contributed by atoms with Gasteiger partial charge in [-0.1, -0.05) is 39.0 Å². The van der Waals surface area contributed by atoms with Crippen molar-refractivity contribution in [1.29, 1.82) is 0 Å². The van der Waals surface area contributed by atoms with Gasteiger partial charge in [-0.15, -0.1) is 0 Å². The number of hydrogen-bond donors (Lipinski definition) is 2. The lowest BCUT2D eigenvalue weighted by atomic mass is 9.86. The van der Waals surface area contributed by atoms with Crippen molar-refractivity contribution in [1.82, 2.24) is 0 Å². The number of carbonyl (C=O) groups excluding carboxylic acids is 2. The molecule has 0 saturated carbocycles. The Balaban J connectivity index is 2.01. The molecule has 0 radical (unpaired) electrons. The molecule has 4 nitrogen and oxygen atoms in total. The van der Waals surface area contributed by atoms with E-state index in [1.54, 1.807) is 12.1 Å². The van der Waals surface area contributed by atoms with E-state index in [1.807, 2.05) is 32.9 Å². The van der Waals surface area contributed by atoms with Gasteiger partial charge in [-0.2, -0.15) is 0 Å². The van der Waals surface area contributed by atoms with Crippen molar-refractivity contribution < 1.29 is 18.4 Å². The Bertz CT molecular complexity index is 798. The Hall–Kier alpha value is -2.76. The minimum atomic E-state index is -1.07. The second kappa shape index (κ2) is 7.42. The highest BCUT2D eigenvalue weighted by molar-refractivity contribution is 6.08. The molecule has 2 aromatic rings. The van der Waals surface area contributed by atoms with Gasteiger partial charge in [0.15, 0.2) is 11.6 Å². The molecular formula is C19H20F2N2O2. The predicted octanol–water partition coefficient (Wildman–Crippen LogP) is 4.23. The third-order valence-electron chi connectivity index (χ3n) is 3.53. The van der Waals surface area contributed by atoms with Gasteiger partial charge in [0.1, 0.15) is 6.42 Å². The van der Waals surface area contributed by atoms with Gasteiger partial charge in [0.05, 0.1) is 0 Å². The highest BCUT2D eigenvalue weighted by atomic mass is 19.2. The highest BCUT2D eigenvalue weighted by Gasteiger charge is 2.19. The van der Waals surface area contributed by atoms with Crippen molar-refractivity contribution in [2.24, 2.45) is 0 Å². The number of hydrogen-bond acceptors (Lipinski definition) is 2. The summed E-state index contributed by atoms with van der Waals surface area (Å²) >= 11 is 0. The van der Waals surface area contributed by atoms with E-state index in [2.05, 4.69) is 10.6 Å². The molecule has 6 heteroatoms. The highest BCUT2D eigenvalue weighted by Crippen LogP contribution is 2.29. The lowest BCUT2D eigenvalue weighted by Crippen LogP contribution is -2.23. The fourth-order valence-corrected chi connectivity index (χ4v) is 2.37. The number of para-hydroxylation sites is 1. The fourth-order valence-electron chi connectivity index (χ4n) is 2.37. The van der Waals surface area contributed by atoms with Crippen molar-refractivity contribution in [3.8, 4) is 0 Å². The van der Waals surface area contributed by atoms with Crippen LogP contribution in [0.25, 0.3) is 0 Å². The van der Waals surface area contributed by atoms with Crippen LogP contribution < -0.4 is 10.6 Å². The maximum absolute atomic E-state index is 13.1. The van der Waals surface area contributed by atoms with Gasteiger partial charge >= 0.3 is 0 Å². The van der Waals surface area contributed by atoms with E-state index in [4.69, 9.17) is 0 Å². The quantitative estimate of drug-likeness (QED) is 0.814. The van der Waals surface area contributed by atoms with Gasteiger partial charge in [0, 0.05) is 17.4 Å². The molecule has 2 rings (SSSR count). The molecule has 0 heterocycles. The van der Waals surface area contributed by atoms with Crippen LogP contribution >= 0.6 is 0 Å². The summed E-state index contributed by atoms with van der Waals surface area (Å²) in [5, 5.41) is 5.09. The van der Waals surface area contributed by atoms with Crippen LogP contribution in [-0.4, -0.2) is 11.8 Å². The summed E-state index contributed by atoms with van der Waals surface area (Å²) in [4.78, 5) is 24.0. The van der Waals surface area contributed by atoms with Crippen LogP contribution in [0.15, 0.2) is 42.5 Å². The van der Waals surface area contributed by atoms with Crippen molar-refractivity contribution in [2.45, 2.75) is 32.6 Å². The van der Waals surface area contributed by atoms with Gasteiger partial charge in [0.25, 0.3) is 0 Å². The van der Waals surface area contributed by atoms with Crippen molar-refractivity contribution in [3.63, 3.8) is 0 Å². The molecule has 0 aliphatic rings. The smallest absolute Gasteiger partial charge is 0.233 e. The summed E-state index contributed by atoms with van der Waals surface area (Å²) in [5.41, 5.74) is 1.51. The number of anilines is 2. The molecule has 2 amide bonds. The third-order valence-corrected chi connectivity index (χ3v) is 3.53. The first-order valence-corrected chi connectivity index (χ1v) is 7.81. The normalized spacial score (nSPS) is 11.1. The summed E-state index contributed by atoms with van der Waals surface area (Å²) in [7, 11) is 0. The molecule has 0 bridgehead atoms. The molecule has 25 heavy (non-hydrogen) atoms. The van der Waals surface area contributed by atoms with Crippen molar-refractivity contribution >= 4 is 23.2 Å². The summed E-state index contributed by atoms with van der Waals surface area (Å²) in [5.74, 6) is -3.18. The van der Waals surface area contributed by atoms with Gasteiger partial charge in [-0.3, -0.25) is 9.59 Å². The van der Waals surface area contributed by atoms with Gasteiger partial charge in [-0.05, 0) is 29.2 Å². The molecule has 0 saturated heterocycles. The molecule has 0 aliphatic carbocycles. The predicted molar refractivity (Wildman–Crippen MR) is 93.4 cm³/mol. The number of amides is 2. The first kappa shape index (κ1) is 18.6. The van der Waals surface area contributed by atoms with E-state index in [0.717, 1.165) is 17.7 Å². The lowest BCUT2D eigenvalue weighted by Gasteiger charge is -2.22. The van der Waals surface area contributed by atoms with Gasteiger partial charge in [-0.25, -0.2) is 8.78 Å². The van der Waals surface area contributed by atoms with Crippen molar-refractivity contribution in [2.75, 3.05) is 10.6 Å². The second-order valence-corrected chi connectivity index (χ2v) is 6.70. The van der Waals surface area contributed by atoms with Crippen LogP contribution in [0.2, 0.25) is 0 Å². The zero-order valence-corrected chi connectivity index (χ0v) is 14.3. The van der Waals surface area contributed by atoms with E-state index in [1.165, 1.54) is 6.07 Å². The van der Waals surface area contributed by atoms with Crippen LogP contribution in [-0.2, 0) is 15.0 Å². The molecule has 0 atom stereocenters. The van der Waals surface area contributed by atoms with Crippen LogP contribution in [0.5, 0.6) is 0 Å². The Morgan fingerprint density at radius 2 is 1.56 bits per heavy atom. The van der Waals surface area contributed by atoms with Crippen LogP contribution in [0.3, 0.4) is 0 Å². The van der Waals surface area contributed by atoms with E-state index >= 15 is 0 Å². The maximum Gasteiger partial charge on any atom is 0.233 e. The summed E-state index contributed by atoms with van der Waals surface area (Å²) < 4.78 is 26.0. The Labute approximate surface area is 145 Å². The topological polar surface area (TPSA) is 58.2 Å². The van der Waals surface area contributed by atoms with E-state index < -0.39 is 29.9 Å². The summed E-state index contributed by atoms with van der Waals surface area (Å²) in [6.45, 7) is 6.06. The first-order chi connectivity index (χ1) is 11.7. The van der Waals surface area contributed by atoms with E-state index in [-0.39, 0.29) is 11.1 Å². The number of benzene rings is 2. The van der Waals surface area contributed by atoms with Crippen LogP contribution in [0.1, 0.15) is 32.8 Å². The third kappa shape index (κ3) is 5.11. The lowest BCUT2D eigenvalue weighted by molar-refractivity contribution is -0.123. The summed E-state index contributed by atoms with van der Waals surface area (Å²) in [6, 6.07) is 10.4. The second-order valence-electron chi connectivity index (χ2n) is 6.70. The standard InChI is InChI=1S/C19H20F2N2O2/c1-19(2,3)13-6-4-5-7-16(13)23-18(25)11-17(24)22-12-8-9-14(20)15(21)10-12/h4-10H,11H2,1-3H3,(H,22,24)(H,23,25). The minimum absolute atomic E-state index is 0.0896. The Morgan fingerprint density at radius 1 is 0.920 bits per heavy atom. The fraction of sp³-hybridized carbons (Fsp3) is 0.263. The number of carbonyl (C=O) groups is 2. The molecule has 132 valence electrons. The van der Waals surface area contributed by atoms with Gasteiger partial charge in [0.2, 0.25) is 11.8 Å². The monoisotopic (exact) mass is 346 g/mol. The minimum Gasteiger partial charge on any atom is -0.326 e. The molecule has 0 aliphatic heterocycles. The molecule has 0 spiro atoms. The van der Waals surface area contributed by atoms with E-state index in [0.29, 0.717) is 5.69 Å². The average molecular weight is 346 g/mol. The van der Waals surface area contributed by atoms with Gasteiger partial charge < -0.3 is 10.6 Å². The molecule has 0 unspecified atom stereocenters. The SMILES string of the molecule is CC(C)(C)c1ccccc1NC(=O)CC(=O)Nc1ccc(F)c(F)c1. The largest absolute Gasteiger partial charge is 0.326 e. The van der Waals surface area contributed by atoms with Crippen molar-refractivity contribution in [3.05, 3.63) is 59.7 Å². The Morgan fingerprint density at radius 3 is 2.20 bits per heavy atom. The van der Waals surface area contributed by atoms with E-state index in [9.17, 15) is 18.4 Å². The molecule has 0 fully saturated rings. The maximum atomic E-state index is 13.1. The number of halogens is 2. The zero-order chi connectivity index (χ0) is 18.6. The first-order valence-electron chi connectivity index (χ1n) is 7.81. The molecule has 0 aromatic heterocycles. The van der Waals surface area contributed by atoms with Crippen LogP contribution in [0.4, 0.5) is 20.2 Å². The van der Waals surface area contributed by atoms with Crippen LogP contribution in [0, 0.1) is 11.6 Å². The molecule has 2 N–H and O–H groups in total. The summed E-state index contributed by atoms with van der Waals surface area (Å²) in [6.07, 6.45) is -0.433. The number of rotatable bonds is 4. The average Bonchev–Trinajstić information content (AvgIpc) is 2.50. The zero-order valence-electron chi connectivity index (χ0n) is 14.3.